The first-order valence-corrected chi connectivity index (χ1v) is 5.96. The molecule has 4 nitrogen and oxygen atoms in total. The minimum Gasteiger partial charge on any atom is -0.479 e. The number of nitrogens with one attached hydrogen (secondary N) is 1. The van der Waals surface area contributed by atoms with Crippen molar-refractivity contribution in [1.82, 2.24) is 0 Å². The maximum absolute atomic E-state index is 8.40. The van der Waals surface area contributed by atoms with Crippen molar-refractivity contribution in [3.63, 3.8) is 0 Å². The Hall–Kier alpha value is -1.73. The van der Waals surface area contributed by atoms with Crippen LogP contribution in [-0.4, -0.2) is 25.9 Å². The second kappa shape index (κ2) is 6.87. The summed E-state index contributed by atoms with van der Waals surface area (Å²) in [6, 6.07) is 9.51. The Balaban J connectivity index is 2.38. The molecule has 0 aliphatic carbocycles. The van der Waals surface area contributed by atoms with Crippen molar-refractivity contribution in [2.45, 2.75) is 25.9 Å². The zero-order valence-electron chi connectivity index (χ0n) is 11.2. The monoisotopic (exact) mass is 248 g/mol. The van der Waals surface area contributed by atoms with Gasteiger partial charge in [-0.25, -0.2) is 0 Å². The summed E-state index contributed by atoms with van der Waals surface area (Å²) in [4.78, 5) is 0. The molecule has 0 heterocycles. The molecule has 0 aromatic heterocycles. The number of methoxy groups -OCH3 is 1. The minimum absolute atomic E-state index is 0.0782. The molecule has 1 N–H and O–H groups in total. The highest BCUT2D eigenvalue weighted by molar-refractivity contribution is 5.46. The van der Waals surface area contributed by atoms with Crippen LogP contribution in [0.5, 0.6) is 5.75 Å². The van der Waals surface area contributed by atoms with E-state index in [0.717, 1.165) is 18.7 Å². The summed E-state index contributed by atoms with van der Waals surface area (Å²) in [5.41, 5.74) is 0.925. The van der Waals surface area contributed by atoms with Crippen LogP contribution in [0.4, 0.5) is 5.69 Å². The lowest BCUT2D eigenvalue weighted by molar-refractivity contribution is 0.0185. The van der Waals surface area contributed by atoms with E-state index < -0.39 is 0 Å². The molecule has 0 amide bonds. The van der Waals surface area contributed by atoms with Gasteiger partial charge in [0, 0.05) is 19.3 Å². The molecule has 4 heteroatoms. The van der Waals surface area contributed by atoms with Crippen molar-refractivity contribution in [2.24, 2.45) is 0 Å². The number of hydrogen-bond acceptors (Lipinski definition) is 4. The van der Waals surface area contributed by atoms with Gasteiger partial charge in [-0.1, -0.05) is 0 Å². The van der Waals surface area contributed by atoms with Crippen LogP contribution in [0.3, 0.4) is 0 Å². The first-order valence-electron chi connectivity index (χ1n) is 5.96. The van der Waals surface area contributed by atoms with Crippen LogP contribution in [-0.2, 0) is 4.74 Å². The molecule has 18 heavy (non-hydrogen) atoms. The Morgan fingerprint density at radius 2 is 1.94 bits per heavy atom. The smallest absolute Gasteiger partial charge is 0.174 e. The summed E-state index contributed by atoms with van der Waals surface area (Å²) in [6.45, 7) is 5.05. The summed E-state index contributed by atoms with van der Waals surface area (Å²) in [7, 11) is 1.72. The van der Waals surface area contributed by atoms with Gasteiger partial charge in [-0.05, 0) is 44.5 Å². The molecular weight excluding hydrogens is 228 g/mol. The second-order valence-electron chi connectivity index (χ2n) is 4.61. The number of nitriles is 1. The fourth-order valence-electron chi connectivity index (χ4n) is 1.39. The van der Waals surface area contributed by atoms with Gasteiger partial charge in [0.15, 0.2) is 6.61 Å². The molecular formula is C14H20N2O2. The normalized spacial score (nSPS) is 10.8. The van der Waals surface area contributed by atoms with Crippen molar-refractivity contribution in [3.05, 3.63) is 24.3 Å². The third-order valence-electron chi connectivity index (χ3n) is 2.77. The van der Waals surface area contributed by atoms with E-state index in [1.54, 1.807) is 7.11 Å². The number of benzene rings is 1. The van der Waals surface area contributed by atoms with E-state index in [0.29, 0.717) is 5.75 Å². The van der Waals surface area contributed by atoms with Crippen LogP contribution in [0.1, 0.15) is 20.3 Å². The number of anilines is 1. The van der Waals surface area contributed by atoms with E-state index in [9.17, 15) is 0 Å². The van der Waals surface area contributed by atoms with E-state index >= 15 is 0 Å². The van der Waals surface area contributed by atoms with Gasteiger partial charge in [0.2, 0.25) is 0 Å². The summed E-state index contributed by atoms with van der Waals surface area (Å²) < 4.78 is 10.5. The Morgan fingerprint density at radius 3 is 2.50 bits per heavy atom. The van der Waals surface area contributed by atoms with Gasteiger partial charge in [-0.2, -0.15) is 5.26 Å². The van der Waals surface area contributed by atoms with Gasteiger partial charge >= 0.3 is 0 Å². The molecule has 1 aromatic carbocycles. The lowest BCUT2D eigenvalue weighted by Crippen LogP contribution is -2.25. The van der Waals surface area contributed by atoms with Crippen molar-refractivity contribution < 1.29 is 9.47 Å². The van der Waals surface area contributed by atoms with Gasteiger partial charge < -0.3 is 14.8 Å². The molecule has 0 atom stereocenters. The molecule has 0 saturated carbocycles. The van der Waals surface area contributed by atoms with E-state index in [1.165, 1.54) is 0 Å². The number of hydrogen-bond donors (Lipinski definition) is 1. The number of ether oxygens (including phenoxy) is 2. The average Bonchev–Trinajstić information content (AvgIpc) is 2.38. The Bertz CT molecular complexity index is 393. The largest absolute Gasteiger partial charge is 0.479 e. The minimum atomic E-state index is -0.108. The third-order valence-corrected chi connectivity index (χ3v) is 2.77. The quantitative estimate of drug-likeness (QED) is 0.806. The Kier molecular flexibility index (Phi) is 5.47. The van der Waals surface area contributed by atoms with Crippen molar-refractivity contribution >= 4 is 5.69 Å². The maximum atomic E-state index is 8.40. The van der Waals surface area contributed by atoms with Crippen LogP contribution in [0.25, 0.3) is 0 Å². The predicted molar refractivity (Wildman–Crippen MR) is 71.7 cm³/mol. The van der Waals surface area contributed by atoms with Gasteiger partial charge in [-0.3, -0.25) is 0 Å². The van der Waals surface area contributed by atoms with E-state index in [2.05, 4.69) is 19.2 Å². The Morgan fingerprint density at radius 1 is 1.28 bits per heavy atom. The summed E-state index contributed by atoms with van der Waals surface area (Å²) in [6.07, 6.45) is 0.927. The molecule has 0 aliphatic heterocycles. The molecule has 0 saturated heterocycles. The van der Waals surface area contributed by atoms with Crippen LogP contribution in [0.2, 0.25) is 0 Å². The molecule has 0 fully saturated rings. The van der Waals surface area contributed by atoms with Gasteiger partial charge in [0.25, 0.3) is 0 Å². The van der Waals surface area contributed by atoms with E-state index in [4.69, 9.17) is 14.7 Å². The fourth-order valence-corrected chi connectivity index (χ4v) is 1.39. The fraction of sp³-hybridized carbons (Fsp3) is 0.500. The van der Waals surface area contributed by atoms with Crippen LogP contribution >= 0.6 is 0 Å². The molecule has 0 bridgehead atoms. The average molecular weight is 248 g/mol. The Labute approximate surface area is 109 Å². The SMILES string of the molecule is COC(C)(C)CCNc1ccc(OCC#N)cc1. The second-order valence-corrected chi connectivity index (χ2v) is 4.61. The lowest BCUT2D eigenvalue weighted by Gasteiger charge is -2.23. The highest BCUT2D eigenvalue weighted by atomic mass is 16.5. The highest BCUT2D eigenvalue weighted by Crippen LogP contribution is 2.17. The van der Waals surface area contributed by atoms with Crippen molar-refractivity contribution in [1.29, 1.82) is 5.26 Å². The predicted octanol–water partition coefficient (Wildman–Crippen LogP) is 2.82. The first-order chi connectivity index (χ1) is 8.57. The summed E-state index contributed by atoms with van der Waals surface area (Å²) >= 11 is 0. The molecule has 1 aromatic rings. The van der Waals surface area contributed by atoms with Crippen LogP contribution in [0, 0.1) is 11.3 Å². The van der Waals surface area contributed by atoms with Crippen LogP contribution < -0.4 is 10.1 Å². The zero-order valence-corrected chi connectivity index (χ0v) is 11.2. The summed E-state index contributed by atoms with van der Waals surface area (Å²) in [5, 5.41) is 11.7. The van der Waals surface area contributed by atoms with Gasteiger partial charge in [-0.15, -0.1) is 0 Å². The first kappa shape index (κ1) is 14.3. The van der Waals surface area contributed by atoms with Gasteiger partial charge in [0.05, 0.1) is 5.60 Å². The number of rotatable bonds is 7. The van der Waals surface area contributed by atoms with E-state index in [-0.39, 0.29) is 12.2 Å². The molecule has 0 spiro atoms. The molecule has 0 radical (unpaired) electrons. The topological polar surface area (TPSA) is 54.3 Å². The highest BCUT2D eigenvalue weighted by Gasteiger charge is 2.14. The third kappa shape index (κ3) is 5.07. The summed E-state index contributed by atoms with van der Waals surface area (Å²) in [5.74, 6) is 0.708. The molecule has 0 aliphatic rings. The van der Waals surface area contributed by atoms with E-state index in [1.807, 2.05) is 30.3 Å². The number of nitrogens with zero attached hydrogens (tertiary/aromatic N) is 1. The molecule has 0 unspecified atom stereocenters. The maximum Gasteiger partial charge on any atom is 0.174 e. The lowest BCUT2D eigenvalue weighted by atomic mass is 10.1. The molecule has 1 rings (SSSR count). The molecule has 98 valence electrons. The van der Waals surface area contributed by atoms with Crippen molar-refractivity contribution in [2.75, 3.05) is 25.6 Å². The van der Waals surface area contributed by atoms with Crippen LogP contribution in [0.15, 0.2) is 24.3 Å². The van der Waals surface area contributed by atoms with Gasteiger partial charge in [0.1, 0.15) is 11.8 Å². The standard InChI is InChI=1S/C14H20N2O2/c1-14(2,17-3)8-10-16-12-4-6-13(7-5-12)18-11-9-15/h4-7,16H,8,10-11H2,1-3H3. The zero-order chi connectivity index (χ0) is 13.4. The van der Waals surface area contributed by atoms with Crippen molar-refractivity contribution in [3.8, 4) is 11.8 Å².